The molecule has 1 amide bonds. The lowest BCUT2D eigenvalue weighted by molar-refractivity contribution is 0.102. The number of hydrogen-bond donors (Lipinski definition) is 2. The van der Waals surface area contributed by atoms with E-state index in [-0.39, 0.29) is 17.4 Å². The van der Waals surface area contributed by atoms with Gasteiger partial charge in [-0.25, -0.2) is 4.98 Å². The number of aromatic nitrogens is 4. The van der Waals surface area contributed by atoms with E-state index in [0.717, 1.165) is 23.5 Å². The van der Waals surface area contributed by atoms with Gasteiger partial charge in [-0.1, -0.05) is 26.3 Å². The van der Waals surface area contributed by atoms with Crippen molar-refractivity contribution in [3.63, 3.8) is 0 Å². The molecular weight excluding hydrogens is 450 g/mol. The zero-order chi connectivity index (χ0) is 24.1. The van der Waals surface area contributed by atoms with Crippen LogP contribution in [0.4, 0.5) is 5.82 Å². The van der Waals surface area contributed by atoms with E-state index in [4.69, 9.17) is 4.74 Å². The van der Waals surface area contributed by atoms with Gasteiger partial charge in [0.1, 0.15) is 17.3 Å². The Kier molecular flexibility index (Phi) is 7.22. The minimum atomic E-state index is -0.303. The van der Waals surface area contributed by atoms with Crippen LogP contribution in [0.15, 0.2) is 52.6 Å². The fourth-order valence-electron chi connectivity index (χ4n) is 3.51. The van der Waals surface area contributed by atoms with Crippen molar-refractivity contribution in [3.8, 4) is 22.3 Å². The van der Waals surface area contributed by atoms with Crippen molar-refractivity contribution in [3.05, 3.63) is 75.0 Å². The van der Waals surface area contributed by atoms with Gasteiger partial charge < -0.3 is 10.1 Å². The van der Waals surface area contributed by atoms with Crippen LogP contribution in [-0.2, 0) is 6.42 Å². The summed E-state index contributed by atoms with van der Waals surface area (Å²) in [5, 5.41) is 9.49. The first-order valence-electron chi connectivity index (χ1n) is 11.3. The van der Waals surface area contributed by atoms with Crippen molar-refractivity contribution in [2.24, 2.45) is 0 Å². The van der Waals surface area contributed by atoms with Gasteiger partial charge in [0.2, 0.25) is 5.95 Å². The number of unbranched alkanes of at least 4 members (excludes halogenated alkanes) is 1. The minimum absolute atomic E-state index is 0.214. The largest absolute Gasteiger partial charge is 0.494 e. The summed E-state index contributed by atoms with van der Waals surface area (Å²) in [7, 11) is 0. The van der Waals surface area contributed by atoms with Gasteiger partial charge in [-0.3, -0.25) is 14.6 Å². The number of carbonyl (C=O) groups is 1. The molecule has 0 aliphatic heterocycles. The number of nitrogens with one attached hydrogen (secondary N) is 2. The molecule has 0 spiro atoms. The molecule has 0 atom stereocenters. The monoisotopic (exact) mass is 477 g/mol. The second-order valence-corrected chi connectivity index (χ2v) is 8.74. The van der Waals surface area contributed by atoms with Gasteiger partial charge >= 0.3 is 0 Å². The van der Waals surface area contributed by atoms with Crippen LogP contribution in [0.1, 0.15) is 48.3 Å². The maximum atomic E-state index is 13.0. The Hall–Kier alpha value is -3.72. The normalized spacial score (nSPS) is 10.9. The Morgan fingerprint density at radius 1 is 1.21 bits per heavy atom. The molecule has 0 unspecified atom stereocenters. The van der Waals surface area contributed by atoms with Gasteiger partial charge in [0.05, 0.1) is 11.5 Å². The average Bonchev–Trinajstić information content (AvgIpc) is 3.50. The molecule has 176 valence electrons. The molecule has 0 saturated heterocycles. The number of aromatic amines is 1. The van der Waals surface area contributed by atoms with E-state index in [2.05, 4.69) is 27.3 Å². The quantitative estimate of drug-likeness (QED) is 0.331. The smallest absolute Gasteiger partial charge is 0.256 e. The molecule has 9 heteroatoms. The van der Waals surface area contributed by atoms with Crippen molar-refractivity contribution in [1.29, 1.82) is 0 Å². The number of hydrogen-bond acceptors (Lipinski definition) is 6. The fourth-order valence-corrected chi connectivity index (χ4v) is 4.20. The zero-order valence-electron chi connectivity index (χ0n) is 19.4. The zero-order valence-corrected chi connectivity index (χ0v) is 20.2. The molecule has 1 aromatic carbocycles. The molecule has 3 aromatic heterocycles. The predicted octanol–water partition coefficient (Wildman–Crippen LogP) is 4.99. The van der Waals surface area contributed by atoms with Gasteiger partial charge in [0.15, 0.2) is 0 Å². The topological polar surface area (TPSA) is 102 Å². The van der Waals surface area contributed by atoms with E-state index in [1.807, 2.05) is 24.4 Å². The van der Waals surface area contributed by atoms with E-state index in [9.17, 15) is 9.59 Å². The second-order valence-electron chi connectivity index (χ2n) is 7.79. The molecule has 3 heterocycles. The lowest BCUT2D eigenvalue weighted by Gasteiger charge is -2.10. The van der Waals surface area contributed by atoms with E-state index in [1.165, 1.54) is 16.0 Å². The van der Waals surface area contributed by atoms with Crippen LogP contribution in [0.5, 0.6) is 5.75 Å². The molecule has 2 N–H and O–H groups in total. The van der Waals surface area contributed by atoms with Gasteiger partial charge in [-0.2, -0.15) is 9.78 Å². The van der Waals surface area contributed by atoms with Crippen LogP contribution in [0.3, 0.4) is 0 Å². The molecule has 0 fully saturated rings. The Morgan fingerprint density at radius 2 is 2.00 bits per heavy atom. The Labute approximate surface area is 201 Å². The highest BCUT2D eigenvalue weighted by atomic mass is 32.1. The fraction of sp³-hybridized carbons (Fsp3) is 0.280. The molecule has 8 nitrogen and oxygen atoms in total. The summed E-state index contributed by atoms with van der Waals surface area (Å²) < 4.78 is 7.14. The van der Waals surface area contributed by atoms with Crippen molar-refractivity contribution >= 4 is 23.1 Å². The van der Waals surface area contributed by atoms with Crippen LogP contribution in [0.25, 0.3) is 16.5 Å². The molecular formula is C25H27N5O3S. The molecule has 4 rings (SSSR count). The molecule has 0 aliphatic carbocycles. The summed E-state index contributed by atoms with van der Waals surface area (Å²) in [4.78, 5) is 33.8. The van der Waals surface area contributed by atoms with Crippen LogP contribution in [0.2, 0.25) is 0 Å². The van der Waals surface area contributed by atoms with Crippen molar-refractivity contribution in [1.82, 2.24) is 19.7 Å². The summed E-state index contributed by atoms with van der Waals surface area (Å²) in [6.07, 6.45) is 2.62. The van der Waals surface area contributed by atoms with E-state index < -0.39 is 0 Å². The third kappa shape index (κ3) is 5.09. The average molecular weight is 478 g/mol. The summed E-state index contributed by atoms with van der Waals surface area (Å²) in [6, 6.07) is 12.7. The molecule has 34 heavy (non-hydrogen) atoms. The van der Waals surface area contributed by atoms with Crippen molar-refractivity contribution in [2.45, 2.75) is 40.0 Å². The lowest BCUT2D eigenvalue weighted by atomic mass is 10.2. The second kappa shape index (κ2) is 10.5. The number of amides is 1. The summed E-state index contributed by atoms with van der Waals surface area (Å²) in [5.41, 5.74) is 2.19. The van der Waals surface area contributed by atoms with E-state index in [0.29, 0.717) is 41.4 Å². The lowest BCUT2D eigenvalue weighted by Crippen LogP contribution is -2.22. The van der Waals surface area contributed by atoms with Gasteiger partial charge in [0.25, 0.3) is 11.5 Å². The number of thiophene rings is 1. The summed E-state index contributed by atoms with van der Waals surface area (Å²) in [6.45, 7) is 6.46. The number of carbonyl (C=O) groups excluding carboxylic acids is 1. The SMILES string of the molecule is CCCCOc1ccc(C(=O)Nc2cc(-c3cccs3)nn2-c2nc(C)c(CC)c(=O)[nH]2)cc1. The van der Waals surface area contributed by atoms with E-state index >= 15 is 0 Å². The van der Waals surface area contributed by atoms with Gasteiger partial charge in [-0.05, 0) is 55.5 Å². The molecule has 0 radical (unpaired) electrons. The van der Waals surface area contributed by atoms with Crippen molar-refractivity contribution < 1.29 is 9.53 Å². The number of aryl methyl sites for hydroxylation is 1. The van der Waals surface area contributed by atoms with Crippen LogP contribution < -0.4 is 15.6 Å². The van der Waals surface area contributed by atoms with E-state index in [1.54, 1.807) is 37.3 Å². The molecule has 0 saturated carbocycles. The Bertz CT molecular complexity index is 1320. The summed E-state index contributed by atoms with van der Waals surface area (Å²) >= 11 is 1.54. The first-order valence-corrected chi connectivity index (χ1v) is 12.2. The minimum Gasteiger partial charge on any atom is -0.494 e. The first-order chi connectivity index (χ1) is 16.5. The highest BCUT2D eigenvalue weighted by Crippen LogP contribution is 2.27. The first kappa shape index (κ1) is 23.4. The third-order valence-corrected chi connectivity index (χ3v) is 6.26. The van der Waals surface area contributed by atoms with Crippen LogP contribution in [0, 0.1) is 6.92 Å². The van der Waals surface area contributed by atoms with Crippen LogP contribution >= 0.6 is 11.3 Å². The molecule has 0 aliphatic rings. The predicted molar refractivity (Wildman–Crippen MR) is 134 cm³/mol. The van der Waals surface area contributed by atoms with Crippen molar-refractivity contribution in [2.75, 3.05) is 11.9 Å². The number of anilines is 1. The summed E-state index contributed by atoms with van der Waals surface area (Å²) in [5.74, 6) is 1.08. The Balaban J connectivity index is 1.65. The molecule has 0 bridgehead atoms. The number of benzene rings is 1. The van der Waals surface area contributed by atoms with Crippen LogP contribution in [-0.4, -0.2) is 32.3 Å². The number of H-pyrrole nitrogens is 1. The number of nitrogens with zero attached hydrogens (tertiary/aromatic N) is 3. The highest BCUT2D eigenvalue weighted by Gasteiger charge is 2.18. The number of ether oxygens (including phenoxy) is 1. The van der Waals surface area contributed by atoms with Gasteiger partial charge in [-0.15, -0.1) is 11.3 Å². The van der Waals surface area contributed by atoms with Gasteiger partial charge in [0, 0.05) is 22.9 Å². The third-order valence-electron chi connectivity index (χ3n) is 5.37. The maximum Gasteiger partial charge on any atom is 0.256 e. The number of rotatable bonds is 9. The standard InChI is InChI=1S/C25H27N5O3S/c1-4-6-13-33-18-11-9-17(10-12-18)23(31)27-22-15-20(21-8-7-14-34-21)29-30(22)25-26-16(3)19(5-2)24(32)28-25/h7-12,14-15H,4-6,13H2,1-3H3,(H,27,31)(H,26,28,32). The highest BCUT2D eigenvalue weighted by molar-refractivity contribution is 7.13. The maximum absolute atomic E-state index is 13.0. The molecule has 4 aromatic rings. The Morgan fingerprint density at radius 3 is 2.65 bits per heavy atom.